The number of sulfonamides is 1. The van der Waals surface area contributed by atoms with Gasteiger partial charge in [0.1, 0.15) is 0 Å². The quantitative estimate of drug-likeness (QED) is 0.748. The number of hydrogen-bond acceptors (Lipinski definition) is 4. The Bertz CT molecular complexity index is 787. The van der Waals surface area contributed by atoms with E-state index in [2.05, 4.69) is 17.4 Å². The number of benzene rings is 2. The number of nitrogen functional groups attached to an aromatic ring is 1. The molecule has 0 bridgehead atoms. The second-order valence-electron chi connectivity index (χ2n) is 5.27. The molecule has 0 spiro atoms. The summed E-state index contributed by atoms with van der Waals surface area (Å²) in [6.45, 7) is 0.718. The monoisotopic (exact) mass is 303 g/mol. The molecule has 0 aliphatic heterocycles. The van der Waals surface area contributed by atoms with Gasteiger partial charge in [-0.1, -0.05) is 24.3 Å². The fourth-order valence-corrected chi connectivity index (χ4v) is 3.18. The zero-order valence-electron chi connectivity index (χ0n) is 11.4. The van der Waals surface area contributed by atoms with Gasteiger partial charge in [0.05, 0.1) is 16.3 Å². The lowest BCUT2D eigenvalue weighted by molar-refractivity contribution is 0.598. The van der Waals surface area contributed by atoms with E-state index in [1.807, 2.05) is 12.1 Å². The molecule has 0 saturated heterocycles. The maximum absolute atomic E-state index is 11.4. The smallest absolute Gasteiger partial charge is 0.238 e. The first kappa shape index (κ1) is 13.9. The largest absolute Gasteiger partial charge is 0.397 e. The maximum Gasteiger partial charge on any atom is 0.238 e. The van der Waals surface area contributed by atoms with Gasteiger partial charge in [-0.25, -0.2) is 13.6 Å². The Morgan fingerprint density at radius 2 is 1.95 bits per heavy atom. The number of nitrogens with one attached hydrogen (secondary N) is 1. The van der Waals surface area contributed by atoms with Crippen molar-refractivity contribution < 1.29 is 8.42 Å². The summed E-state index contributed by atoms with van der Waals surface area (Å²) < 4.78 is 22.7. The van der Waals surface area contributed by atoms with Gasteiger partial charge in [0.25, 0.3) is 0 Å². The van der Waals surface area contributed by atoms with Crippen LogP contribution in [0.3, 0.4) is 0 Å². The molecule has 0 amide bonds. The van der Waals surface area contributed by atoms with Crippen LogP contribution >= 0.6 is 0 Å². The third kappa shape index (κ3) is 2.72. The lowest BCUT2D eigenvalue weighted by atomic mass is 9.77. The highest BCUT2D eigenvalue weighted by molar-refractivity contribution is 7.89. The molecule has 0 saturated carbocycles. The van der Waals surface area contributed by atoms with Crippen molar-refractivity contribution in [3.63, 3.8) is 0 Å². The minimum absolute atomic E-state index is 0.0632. The molecule has 0 fully saturated rings. The molecule has 2 aromatic carbocycles. The molecule has 0 radical (unpaired) electrons. The summed E-state index contributed by atoms with van der Waals surface area (Å²) in [4.78, 5) is 0.0632. The second kappa shape index (κ2) is 5.05. The Labute approximate surface area is 124 Å². The fourth-order valence-electron chi connectivity index (χ4n) is 2.64. The summed E-state index contributed by atoms with van der Waals surface area (Å²) >= 11 is 0. The van der Waals surface area contributed by atoms with Crippen molar-refractivity contribution in [1.29, 1.82) is 0 Å². The van der Waals surface area contributed by atoms with Gasteiger partial charge in [0.15, 0.2) is 0 Å². The van der Waals surface area contributed by atoms with Gasteiger partial charge < -0.3 is 11.1 Å². The van der Waals surface area contributed by atoms with Crippen LogP contribution in [0.25, 0.3) is 0 Å². The van der Waals surface area contributed by atoms with Gasteiger partial charge >= 0.3 is 0 Å². The van der Waals surface area contributed by atoms with E-state index in [4.69, 9.17) is 10.9 Å². The highest BCUT2D eigenvalue weighted by Crippen LogP contribution is 2.35. The topological polar surface area (TPSA) is 98.2 Å². The number of primary sulfonamides is 1. The molecule has 110 valence electrons. The third-order valence-electron chi connectivity index (χ3n) is 3.85. The minimum atomic E-state index is -3.72. The Morgan fingerprint density at radius 3 is 2.67 bits per heavy atom. The van der Waals surface area contributed by atoms with E-state index in [0.29, 0.717) is 17.3 Å². The van der Waals surface area contributed by atoms with Gasteiger partial charge in [-0.3, -0.25) is 0 Å². The molecular formula is C15H17N3O2S. The Morgan fingerprint density at radius 1 is 1.19 bits per heavy atom. The van der Waals surface area contributed by atoms with Crippen LogP contribution in [0, 0.1) is 0 Å². The lowest BCUT2D eigenvalue weighted by Crippen LogP contribution is -2.24. The molecule has 1 unspecified atom stereocenters. The van der Waals surface area contributed by atoms with E-state index in [1.165, 1.54) is 23.3 Å². The van der Waals surface area contributed by atoms with Crippen LogP contribution in [0.15, 0.2) is 47.4 Å². The van der Waals surface area contributed by atoms with Crippen LogP contribution in [0.1, 0.15) is 17.0 Å². The van der Waals surface area contributed by atoms with Crippen LogP contribution in [0.4, 0.5) is 11.4 Å². The number of hydrogen-bond donors (Lipinski definition) is 3. The average molecular weight is 303 g/mol. The zero-order chi connectivity index (χ0) is 15.0. The van der Waals surface area contributed by atoms with Gasteiger partial charge in [-0.2, -0.15) is 0 Å². The van der Waals surface area contributed by atoms with E-state index in [-0.39, 0.29) is 4.90 Å². The first-order valence-electron chi connectivity index (χ1n) is 6.69. The number of fused-ring (bicyclic) bond motifs is 1. The average Bonchev–Trinajstić information content (AvgIpc) is 2.40. The first-order chi connectivity index (χ1) is 9.95. The molecule has 2 aromatic rings. The molecule has 3 rings (SSSR count). The minimum Gasteiger partial charge on any atom is -0.397 e. The molecule has 5 nitrogen and oxygen atoms in total. The summed E-state index contributed by atoms with van der Waals surface area (Å²) in [5, 5.41) is 8.36. The van der Waals surface area contributed by atoms with Crippen LogP contribution in [0.2, 0.25) is 0 Å². The van der Waals surface area contributed by atoms with Crippen molar-refractivity contribution in [2.45, 2.75) is 17.2 Å². The zero-order valence-corrected chi connectivity index (χ0v) is 12.2. The highest BCUT2D eigenvalue weighted by Gasteiger charge is 2.25. The van der Waals surface area contributed by atoms with Crippen molar-refractivity contribution in [2.24, 2.45) is 5.14 Å². The lowest BCUT2D eigenvalue weighted by Gasteiger charge is -2.30. The SMILES string of the molecule is Nc1ccc(S(N)(=O)=O)cc1NCC1Cc2ccccc21. The van der Waals surface area contributed by atoms with Crippen molar-refractivity contribution >= 4 is 21.4 Å². The standard InChI is InChI=1S/C15H17N3O2S/c16-14-6-5-12(21(17,19)20)8-15(14)18-9-11-7-10-3-1-2-4-13(10)11/h1-6,8,11,18H,7,9,16H2,(H2,17,19,20). The normalized spacial score (nSPS) is 16.9. The van der Waals surface area contributed by atoms with E-state index in [1.54, 1.807) is 6.07 Å². The summed E-state index contributed by atoms with van der Waals surface area (Å²) in [6.07, 6.45) is 1.03. The summed E-state index contributed by atoms with van der Waals surface area (Å²) in [7, 11) is -3.72. The first-order valence-corrected chi connectivity index (χ1v) is 8.24. The van der Waals surface area contributed by atoms with Crippen molar-refractivity contribution in [3.05, 3.63) is 53.6 Å². The van der Waals surface area contributed by atoms with E-state index < -0.39 is 10.0 Å². The highest BCUT2D eigenvalue weighted by atomic mass is 32.2. The van der Waals surface area contributed by atoms with Gasteiger partial charge in [-0.15, -0.1) is 0 Å². The predicted octanol–water partition coefficient (Wildman–Crippen LogP) is 1.67. The molecule has 5 N–H and O–H groups in total. The van der Waals surface area contributed by atoms with Crippen LogP contribution in [-0.4, -0.2) is 15.0 Å². The van der Waals surface area contributed by atoms with E-state index in [0.717, 1.165) is 13.0 Å². The van der Waals surface area contributed by atoms with E-state index >= 15 is 0 Å². The Kier molecular flexibility index (Phi) is 3.35. The number of anilines is 2. The fraction of sp³-hybridized carbons (Fsp3) is 0.200. The summed E-state index contributed by atoms with van der Waals surface area (Å²) in [5.41, 5.74) is 9.70. The molecule has 21 heavy (non-hydrogen) atoms. The van der Waals surface area contributed by atoms with Gasteiger partial charge in [0.2, 0.25) is 10.0 Å². The van der Waals surface area contributed by atoms with Crippen LogP contribution in [-0.2, 0) is 16.4 Å². The summed E-state index contributed by atoms with van der Waals surface area (Å²) in [5.74, 6) is 0.429. The van der Waals surface area contributed by atoms with E-state index in [9.17, 15) is 8.42 Å². The third-order valence-corrected chi connectivity index (χ3v) is 4.76. The molecule has 1 aliphatic rings. The number of rotatable bonds is 4. The number of nitrogens with two attached hydrogens (primary N) is 2. The van der Waals surface area contributed by atoms with Crippen molar-refractivity contribution in [3.8, 4) is 0 Å². The maximum atomic E-state index is 11.4. The Balaban J connectivity index is 1.75. The van der Waals surface area contributed by atoms with Crippen LogP contribution in [0.5, 0.6) is 0 Å². The van der Waals surface area contributed by atoms with Crippen molar-refractivity contribution in [2.75, 3.05) is 17.6 Å². The van der Waals surface area contributed by atoms with Crippen molar-refractivity contribution in [1.82, 2.24) is 0 Å². The molecule has 1 atom stereocenters. The van der Waals surface area contributed by atoms with Gasteiger partial charge in [0, 0.05) is 12.5 Å². The predicted molar refractivity (Wildman–Crippen MR) is 83.6 cm³/mol. The molecular weight excluding hydrogens is 286 g/mol. The van der Waals surface area contributed by atoms with Crippen LogP contribution < -0.4 is 16.2 Å². The van der Waals surface area contributed by atoms with Gasteiger partial charge in [-0.05, 0) is 35.7 Å². The summed E-state index contributed by atoms with van der Waals surface area (Å²) in [6, 6.07) is 12.8. The molecule has 1 aliphatic carbocycles. The molecule has 0 heterocycles. The second-order valence-corrected chi connectivity index (χ2v) is 6.84. The Hall–Kier alpha value is -2.05. The molecule has 0 aromatic heterocycles. The molecule has 6 heteroatoms.